The molecule has 4 aromatic rings. The zero-order valence-corrected chi connectivity index (χ0v) is 15.5. The maximum absolute atomic E-state index is 12.6. The second-order valence-electron chi connectivity index (χ2n) is 5.84. The fourth-order valence-electron chi connectivity index (χ4n) is 2.81. The van der Waals surface area contributed by atoms with Crippen molar-refractivity contribution in [2.45, 2.75) is 0 Å². The van der Waals surface area contributed by atoms with Crippen LogP contribution in [0.4, 0.5) is 0 Å². The maximum Gasteiger partial charge on any atom is 0.332 e. The van der Waals surface area contributed by atoms with Crippen LogP contribution >= 0.6 is 23.2 Å². The molecule has 28 heavy (non-hydrogen) atoms. The summed E-state index contributed by atoms with van der Waals surface area (Å²) in [6, 6.07) is 10.9. The van der Waals surface area contributed by atoms with Gasteiger partial charge in [0.05, 0.1) is 21.3 Å². The molecule has 2 aromatic heterocycles. The van der Waals surface area contributed by atoms with Gasteiger partial charge in [0.2, 0.25) is 0 Å². The number of nitrogens with one attached hydrogen (secondary N) is 1. The van der Waals surface area contributed by atoms with Gasteiger partial charge in [-0.1, -0.05) is 35.3 Å². The van der Waals surface area contributed by atoms with Gasteiger partial charge >= 0.3 is 5.69 Å². The number of benzene rings is 2. The predicted octanol–water partition coefficient (Wildman–Crippen LogP) is 2.89. The number of rotatable bonds is 3. The number of amides is 1. The third-order valence-corrected chi connectivity index (χ3v) is 4.82. The van der Waals surface area contributed by atoms with E-state index in [0.717, 1.165) is 0 Å². The van der Waals surface area contributed by atoms with Crippen LogP contribution in [0.2, 0.25) is 10.0 Å². The van der Waals surface area contributed by atoms with E-state index in [1.54, 1.807) is 24.3 Å². The van der Waals surface area contributed by atoms with Gasteiger partial charge in [-0.2, -0.15) is 0 Å². The molecule has 0 radical (unpaired) electrons. The van der Waals surface area contributed by atoms with E-state index in [9.17, 15) is 14.7 Å². The highest BCUT2D eigenvalue weighted by Gasteiger charge is 2.21. The van der Waals surface area contributed by atoms with Gasteiger partial charge in [-0.25, -0.2) is 19.3 Å². The van der Waals surface area contributed by atoms with Crippen LogP contribution in [0.5, 0.6) is 5.75 Å². The Balaban J connectivity index is 2.09. The highest BCUT2D eigenvalue weighted by atomic mass is 35.5. The predicted molar refractivity (Wildman–Crippen MR) is 105 cm³/mol. The highest BCUT2D eigenvalue weighted by Crippen LogP contribution is 2.29. The molecule has 0 saturated carbocycles. The largest absolute Gasteiger partial charge is 0.507 e. The average molecular weight is 416 g/mol. The number of H-pyrrole nitrogens is 1. The number of nitrogens with zero attached hydrogens (tertiary/aromatic N) is 3. The van der Waals surface area contributed by atoms with Crippen LogP contribution in [0.3, 0.4) is 0 Å². The van der Waals surface area contributed by atoms with Gasteiger partial charge < -0.3 is 15.8 Å². The molecule has 0 fully saturated rings. The van der Waals surface area contributed by atoms with E-state index in [4.69, 9.17) is 28.9 Å². The molecule has 0 aliphatic heterocycles. The molecule has 0 aliphatic rings. The number of aromatic amines is 1. The fourth-order valence-corrected chi connectivity index (χ4v) is 3.10. The van der Waals surface area contributed by atoms with Crippen molar-refractivity contribution >= 4 is 40.3 Å². The minimum Gasteiger partial charge on any atom is -0.507 e. The Hall–Kier alpha value is -3.36. The van der Waals surface area contributed by atoms with Crippen LogP contribution in [0.25, 0.3) is 28.2 Å². The SMILES string of the molecule is NC(=O)c1nc(-c2ccccc2O)nc2c1[nH]c(=O)n2-c1ccc(Cl)c(Cl)c1. The number of nitrogens with two attached hydrogens (primary N) is 1. The molecule has 4 rings (SSSR count). The molecule has 4 N–H and O–H groups in total. The topological polar surface area (TPSA) is 127 Å². The number of hydrogen-bond acceptors (Lipinski definition) is 5. The summed E-state index contributed by atoms with van der Waals surface area (Å²) in [5, 5.41) is 10.7. The molecular formula is C18H11Cl2N5O3. The summed E-state index contributed by atoms with van der Waals surface area (Å²) in [5.74, 6) is -0.907. The van der Waals surface area contributed by atoms with Crippen LogP contribution in [0.1, 0.15) is 10.5 Å². The summed E-state index contributed by atoms with van der Waals surface area (Å²) in [6.45, 7) is 0. The van der Waals surface area contributed by atoms with E-state index in [1.807, 2.05) is 0 Å². The monoisotopic (exact) mass is 415 g/mol. The van der Waals surface area contributed by atoms with E-state index in [2.05, 4.69) is 15.0 Å². The van der Waals surface area contributed by atoms with Crippen molar-refractivity contribution in [2.24, 2.45) is 5.73 Å². The summed E-state index contributed by atoms with van der Waals surface area (Å²) in [6.07, 6.45) is 0. The normalized spacial score (nSPS) is 11.1. The summed E-state index contributed by atoms with van der Waals surface area (Å²) in [5.41, 5.74) is 5.53. The molecule has 0 spiro atoms. The van der Waals surface area contributed by atoms with E-state index < -0.39 is 11.6 Å². The van der Waals surface area contributed by atoms with Crippen molar-refractivity contribution < 1.29 is 9.90 Å². The first-order chi connectivity index (χ1) is 13.4. The number of imidazole rings is 1. The van der Waals surface area contributed by atoms with Gasteiger partial charge in [0, 0.05) is 0 Å². The van der Waals surface area contributed by atoms with E-state index >= 15 is 0 Å². The number of phenols is 1. The van der Waals surface area contributed by atoms with Crippen LogP contribution in [0.15, 0.2) is 47.3 Å². The number of carbonyl (C=O) groups is 1. The quantitative estimate of drug-likeness (QED) is 0.473. The van der Waals surface area contributed by atoms with Gasteiger partial charge in [0.1, 0.15) is 11.3 Å². The lowest BCUT2D eigenvalue weighted by Crippen LogP contribution is -2.15. The van der Waals surface area contributed by atoms with Crippen LogP contribution in [-0.4, -0.2) is 30.5 Å². The number of carbonyl (C=O) groups excluding carboxylic acids is 1. The molecule has 2 heterocycles. The summed E-state index contributed by atoms with van der Waals surface area (Å²) in [4.78, 5) is 35.6. The number of primary amides is 1. The number of hydrogen-bond donors (Lipinski definition) is 3. The minimum absolute atomic E-state index is 0.0345. The van der Waals surface area contributed by atoms with Gasteiger partial charge in [0.15, 0.2) is 17.2 Å². The molecule has 1 amide bonds. The number of aromatic hydroxyl groups is 1. The molecule has 0 atom stereocenters. The smallest absolute Gasteiger partial charge is 0.332 e. The summed E-state index contributed by atoms with van der Waals surface area (Å²) < 4.78 is 1.22. The number of para-hydroxylation sites is 1. The fraction of sp³-hybridized carbons (Fsp3) is 0. The number of aromatic nitrogens is 4. The van der Waals surface area contributed by atoms with Crippen molar-refractivity contribution in [1.82, 2.24) is 19.5 Å². The lowest BCUT2D eigenvalue weighted by Gasteiger charge is -2.08. The lowest BCUT2D eigenvalue weighted by molar-refractivity contribution is 0.0997. The van der Waals surface area contributed by atoms with Gasteiger partial charge in [0.25, 0.3) is 5.91 Å². The summed E-state index contributed by atoms with van der Waals surface area (Å²) >= 11 is 12.0. The average Bonchev–Trinajstić information content (AvgIpc) is 2.99. The van der Waals surface area contributed by atoms with E-state index in [0.29, 0.717) is 10.7 Å². The van der Waals surface area contributed by atoms with Crippen molar-refractivity contribution in [2.75, 3.05) is 0 Å². The van der Waals surface area contributed by atoms with Crippen LogP contribution < -0.4 is 11.4 Å². The minimum atomic E-state index is -0.855. The Kier molecular flexibility index (Phi) is 4.29. The van der Waals surface area contributed by atoms with E-state index in [1.165, 1.54) is 22.8 Å². The molecule has 0 saturated heterocycles. The molecule has 8 nitrogen and oxygen atoms in total. The Morgan fingerprint density at radius 1 is 1.11 bits per heavy atom. The molecule has 10 heteroatoms. The van der Waals surface area contributed by atoms with Crippen LogP contribution in [-0.2, 0) is 0 Å². The van der Waals surface area contributed by atoms with Gasteiger partial charge in [-0.3, -0.25) is 4.79 Å². The second kappa shape index (κ2) is 6.66. The Morgan fingerprint density at radius 2 is 1.86 bits per heavy atom. The Bertz CT molecular complexity index is 1310. The molecule has 0 aliphatic carbocycles. The number of fused-ring (bicyclic) bond motifs is 1. The zero-order chi connectivity index (χ0) is 20.0. The van der Waals surface area contributed by atoms with Crippen molar-refractivity contribution in [1.29, 1.82) is 0 Å². The Labute approximate surface area is 167 Å². The molecular weight excluding hydrogens is 405 g/mol. The molecule has 0 bridgehead atoms. The summed E-state index contributed by atoms with van der Waals surface area (Å²) in [7, 11) is 0. The Morgan fingerprint density at radius 3 is 2.54 bits per heavy atom. The lowest BCUT2D eigenvalue weighted by atomic mass is 10.2. The van der Waals surface area contributed by atoms with Gasteiger partial charge in [-0.15, -0.1) is 0 Å². The third kappa shape index (κ3) is 2.88. The second-order valence-corrected chi connectivity index (χ2v) is 6.65. The van der Waals surface area contributed by atoms with Crippen molar-refractivity contribution in [3.8, 4) is 22.8 Å². The van der Waals surface area contributed by atoms with Crippen molar-refractivity contribution in [3.63, 3.8) is 0 Å². The first kappa shape index (κ1) is 18.0. The zero-order valence-electron chi connectivity index (χ0n) is 14.0. The molecule has 0 unspecified atom stereocenters. The third-order valence-electron chi connectivity index (χ3n) is 4.08. The van der Waals surface area contributed by atoms with Gasteiger partial charge in [-0.05, 0) is 30.3 Å². The standard InChI is InChI=1S/C18H11Cl2N5O3/c19-10-6-5-8(7-11(10)20)25-17-14(23-18(25)28)13(15(21)27)22-16(24-17)9-3-1-2-4-12(9)26/h1-7,26H,(H2,21,27)(H,23,28). The maximum atomic E-state index is 12.6. The first-order valence-electron chi connectivity index (χ1n) is 7.93. The number of phenolic OH excluding ortho intramolecular Hbond substituents is 1. The van der Waals surface area contributed by atoms with Crippen LogP contribution in [0, 0.1) is 0 Å². The first-order valence-corrected chi connectivity index (χ1v) is 8.69. The number of halogens is 2. The van der Waals surface area contributed by atoms with Crippen molar-refractivity contribution in [3.05, 3.63) is 68.7 Å². The molecule has 2 aromatic carbocycles. The molecule has 140 valence electrons. The van der Waals surface area contributed by atoms with E-state index in [-0.39, 0.29) is 39.0 Å². The highest BCUT2D eigenvalue weighted by molar-refractivity contribution is 6.42.